The predicted molar refractivity (Wildman–Crippen MR) is 65.3 cm³/mol. The quantitative estimate of drug-likeness (QED) is 0.738. The molecule has 0 spiro atoms. The Hall–Kier alpha value is -1.51. The lowest BCUT2D eigenvalue weighted by Crippen LogP contribution is -2.15. The summed E-state index contributed by atoms with van der Waals surface area (Å²) in [6.45, 7) is 4.94. The second-order valence-electron chi connectivity index (χ2n) is 4.29. The molecule has 0 aliphatic carbocycles. The van der Waals surface area contributed by atoms with Crippen molar-refractivity contribution in [1.29, 1.82) is 0 Å². The smallest absolute Gasteiger partial charge is 0.313 e. The van der Waals surface area contributed by atoms with Crippen molar-refractivity contribution >= 4 is 5.97 Å². The first-order valence-electron chi connectivity index (χ1n) is 6.13. The topological polar surface area (TPSA) is 35.5 Å². The van der Waals surface area contributed by atoms with Gasteiger partial charge >= 0.3 is 5.97 Å². The van der Waals surface area contributed by atoms with Crippen molar-refractivity contribution in [1.82, 2.24) is 0 Å². The molecule has 0 N–H and O–H groups in total. The van der Waals surface area contributed by atoms with E-state index in [-0.39, 0.29) is 11.9 Å². The molecule has 2 rings (SSSR count). The van der Waals surface area contributed by atoms with Crippen LogP contribution in [-0.2, 0) is 9.53 Å². The van der Waals surface area contributed by atoms with E-state index in [1.165, 1.54) is 0 Å². The van der Waals surface area contributed by atoms with Crippen LogP contribution >= 0.6 is 0 Å². The first-order chi connectivity index (χ1) is 8.24. The highest BCUT2D eigenvalue weighted by Gasteiger charge is 2.27. The van der Waals surface area contributed by atoms with Crippen LogP contribution in [0.1, 0.15) is 36.8 Å². The number of hydrogen-bond acceptors (Lipinski definition) is 3. The molecule has 0 bridgehead atoms. The minimum absolute atomic E-state index is 0.134. The van der Waals surface area contributed by atoms with Gasteiger partial charge in [0.1, 0.15) is 5.75 Å². The molecule has 1 aromatic carbocycles. The molecule has 17 heavy (non-hydrogen) atoms. The van der Waals surface area contributed by atoms with Crippen LogP contribution < -0.4 is 4.74 Å². The number of aryl methyl sites for hydroxylation is 1. The van der Waals surface area contributed by atoms with Crippen molar-refractivity contribution in [2.75, 3.05) is 13.2 Å². The summed E-state index contributed by atoms with van der Waals surface area (Å²) in [6, 6.07) is 5.94. The van der Waals surface area contributed by atoms with Gasteiger partial charge in [-0.25, -0.2) is 0 Å². The minimum Gasteiger partial charge on any atom is -0.493 e. The summed E-state index contributed by atoms with van der Waals surface area (Å²) in [7, 11) is 0. The second kappa shape index (κ2) is 5.21. The maximum absolute atomic E-state index is 11.9. The van der Waals surface area contributed by atoms with Gasteiger partial charge in [-0.3, -0.25) is 4.79 Å². The average Bonchev–Trinajstić information content (AvgIpc) is 2.52. The van der Waals surface area contributed by atoms with Crippen LogP contribution in [0.25, 0.3) is 0 Å². The zero-order valence-corrected chi connectivity index (χ0v) is 10.4. The molecule has 3 nitrogen and oxygen atoms in total. The van der Waals surface area contributed by atoms with Crippen LogP contribution in [0.5, 0.6) is 5.75 Å². The van der Waals surface area contributed by atoms with E-state index < -0.39 is 0 Å². The first kappa shape index (κ1) is 12.0. The Morgan fingerprint density at radius 3 is 3.12 bits per heavy atom. The van der Waals surface area contributed by atoms with E-state index in [0.717, 1.165) is 29.7 Å². The Kier molecular flexibility index (Phi) is 3.67. The molecule has 3 heteroatoms. The molecule has 1 aromatic rings. The summed E-state index contributed by atoms with van der Waals surface area (Å²) >= 11 is 0. The molecule has 92 valence electrons. The van der Waals surface area contributed by atoms with E-state index in [9.17, 15) is 4.79 Å². The summed E-state index contributed by atoms with van der Waals surface area (Å²) in [5.74, 6) is 0.556. The maximum Gasteiger partial charge on any atom is 0.313 e. The number of carbonyl (C=O) groups is 1. The van der Waals surface area contributed by atoms with Gasteiger partial charge in [0.15, 0.2) is 0 Å². The number of esters is 1. The largest absolute Gasteiger partial charge is 0.493 e. The van der Waals surface area contributed by atoms with Gasteiger partial charge in [-0.05, 0) is 32.3 Å². The summed E-state index contributed by atoms with van der Waals surface area (Å²) in [6.07, 6.45) is 1.69. The molecular formula is C14H18O3. The standard InChI is InChI=1S/C14H18O3/c1-3-16-14(15)12-8-5-9-17-13-10(2)6-4-7-11(12)13/h4,6-7,12H,3,5,8-9H2,1-2H3. The van der Waals surface area contributed by atoms with E-state index in [2.05, 4.69) is 0 Å². The van der Waals surface area contributed by atoms with Gasteiger partial charge in [0.2, 0.25) is 0 Å². The van der Waals surface area contributed by atoms with Crippen molar-refractivity contribution in [2.45, 2.75) is 32.6 Å². The number of rotatable bonds is 2. The van der Waals surface area contributed by atoms with Crippen molar-refractivity contribution in [3.63, 3.8) is 0 Å². The highest BCUT2D eigenvalue weighted by atomic mass is 16.5. The molecule has 1 aliphatic heterocycles. The average molecular weight is 234 g/mol. The summed E-state index contributed by atoms with van der Waals surface area (Å²) in [5, 5.41) is 0. The van der Waals surface area contributed by atoms with E-state index in [0.29, 0.717) is 13.2 Å². The fourth-order valence-corrected chi connectivity index (χ4v) is 2.25. The van der Waals surface area contributed by atoms with Crippen LogP contribution in [0.4, 0.5) is 0 Å². The summed E-state index contributed by atoms with van der Waals surface area (Å²) in [4.78, 5) is 11.9. The molecule has 0 aromatic heterocycles. The molecule has 1 aliphatic rings. The lowest BCUT2D eigenvalue weighted by Gasteiger charge is -2.16. The molecule has 1 atom stereocenters. The Morgan fingerprint density at radius 2 is 2.35 bits per heavy atom. The lowest BCUT2D eigenvalue weighted by molar-refractivity contribution is -0.145. The van der Waals surface area contributed by atoms with Crippen molar-refractivity contribution in [3.05, 3.63) is 29.3 Å². The molecule has 0 saturated heterocycles. The highest BCUT2D eigenvalue weighted by molar-refractivity contribution is 5.79. The van der Waals surface area contributed by atoms with Crippen LogP contribution in [0.3, 0.4) is 0 Å². The Balaban J connectivity index is 2.36. The van der Waals surface area contributed by atoms with Gasteiger partial charge in [-0.2, -0.15) is 0 Å². The van der Waals surface area contributed by atoms with E-state index in [1.54, 1.807) is 0 Å². The Bertz CT molecular complexity index is 412. The number of carbonyl (C=O) groups excluding carboxylic acids is 1. The third kappa shape index (κ3) is 2.43. The lowest BCUT2D eigenvalue weighted by atomic mass is 9.93. The van der Waals surface area contributed by atoms with Gasteiger partial charge in [-0.1, -0.05) is 18.2 Å². The summed E-state index contributed by atoms with van der Waals surface area (Å²) in [5.41, 5.74) is 2.06. The fourth-order valence-electron chi connectivity index (χ4n) is 2.25. The van der Waals surface area contributed by atoms with Crippen LogP contribution in [0, 0.1) is 6.92 Å². The molecule has 0 saturated carbocycles. The Labute approximate surface area is 102 Å². The molecule has 0 amide bonds. The number of hydrogen-bond donors (Lipinski definition) is 0. The number of ether oxygens (including phenoxy) is 2. The zero-order valence-electron chi connectivity index (χ0n) is 10.4. The van der Waals surface area contributed by atoms with Crippen molar-refractivity contribution in [2.24, 2.45) is 0 Å². The monoisotopic (exact) mass is 234 g/mol. The Morgan fingerprint density at radius 1 is 1.53 bits per heavy atom. The number of para-hydroxylation sites is 1. The third-order valence-corrected chi connectivity index (χ3v) is 3.07. The number of fused-ring (bicyclic) bond motifs is 1. The summed E-state index contributed by atoms with van der Waals surface area (Å²) < 4.78 is 10.9. The zero-order chi connectivity index (χ0) is 12.3. The van der Waals surface area contributed by atoms with Gasteiger partial charge in [0.05, 0.1) is 19.1 Å². The van der Waals surface area contributed by atoms with Gasteiger partial charge < -0.3 is 9.47 Å². The minimum atomic E-state index is -0.174. The van der Waals surface area contributed by atoms with E-state index in [1.807, 2.05) is 32.0 Å². The second-order valence-corrected chi connectivity index (χ2v) is 4.29. The molecular weight excluding hydrogens is 216 g/mol. The first-order valence-corrected chi connectivity index (χ1v) is 6.13. The van der Waals surface area contributed by atoms with Crippen LogP contribution in [-0.4, -0.2) is 19.2 Å². The maximum atomic E-state index is 11.9. The highest BCUT2D eigenvalue weighted by Crippen LogP contribution is 2.36. The normalized spacial score (nSPS) is 18.8. The fraction of sp³-hybridized carbons (Fsp3) is 0.500. The molecule has 0 radical (unpaired) electrons. The van der Waals surface area contributed by atoms with Crippen LogP contribution in [0.2, 0.25) is 0 Å². The van der Waals surface area contributed by atoms with Crippen molar-refractivity contribution < 1.29 is 14.3 Å². The van der Waals surface area contributed by atoms with E-state index in [4.69, 9.17) is 9.47 Å². The molecule has 0 fully saturated rings. The van der Waals surface area contributed by atoms with Crippen molar-refractivity contribution in [3.8, 4) is 5.75 Å². The third-order valence-electron chi connectivity index (χ3n) is 3.07. The predicted octanol–water partition coefficient (Wildman–Crippen LogP) is 2.81. The SMILES string of the molecule is CCOC(=O)C1CCCOc2c(C)cccc21. The number of benzene rings is 1. The van der Waals surface area contributed by atoms with Crippen LogP contribution in [0.15, 0.2) is 18.2 Å². The van der Waals surface area contributed by atoms with E-state index >= 15 is 0 Å². The van der Waals surface area contributed by atoms with Gasteiger partial charge in [0.25, 0.3) is 0 Å². The molecule has 1 unspecified atom stereocenters. The van der Waals surface area contributed by atoms with Gasteiger partial charge in [0, 0.05) is 5.56 Å². The molecule has 1 heterocycles. The van der Waals surface area contributed by atoms with Gasteiger partial charge in [-0.15, -0.1) is 0 Å².